The molecule has 0 heterocycles. The molecular formula is C71H116O6. The third kappa shape index (κ3) is 62.3. The molecule has 0 saturated carbocycles. The molecule has 0 radical (unpaired) electrons. The van der Waals surface area contributed by atoms with E-state index in [4.69, 9.17) is 14.2 Å². The highest BCUT2D eigenvalue weighted by molar-refractivity contribution is 5.71. The van der Waals surface area contributed by atoms with E-state index in [1.807, 2.05) is 0 Å². The summed E-state index contributed by atoms with van der Waals surface area (Å²) in [6, 6.07) is 0. The van der Waals surface area contributed by atoms with Crippen LogP contribution in [0.25, 0.3) is 0 Å². The summed E-state index contributed by atoms with van der Waals surface area (Å²) in [6.45, 7) is 6.46. The molecule has 0 aromatic heterocycles. The summed E-state index contributed by atoms with van der Waals surface area (Å²) in [5.74, 6) is -0.949. The van der Waals surface area contributed by atoms with Crippen LogP contribution in [-0.4, -0.2) is 37.2 Å². The summed E-state index contributed by atoms with van der Waals surface area (Å²) in [7, 11) is 0. The molecule has 0 bridgehead atoms. The van der Waals surface area contributed by atoms with Gasteiger partial charge < -0.3 is 14.2 Å². The SMILES string of the molecule is CC/C=C\C/C=C\C/C=C\C/C=C\C/C=C\C/C=C\C/C=C\C/C=C\C/C=C\C/C=C\CCCCC(=O)OCC(COC(=O)CCCCCCCCCC)OC(=O)CCCCCCCCC/C=C\CCCCCCCCC. The van der Waals surface area contributed by atoms with Gasteiger partial charge in [0, 0.05) is 19.3 Å². The number of carbonyl (C=O) groups excluding carboxylic acids is 3. The second kappa shape index (κ2) is 64.1. The summed E-state index contributed by atoms with van der Waals surface area (Å²) >= 11 is 0. The minimum absolute atomic E-state index is 0.0949. The van der Waals surface area contributed by atoms with Gasteiger partial charge in [0.2, 0.25) is 0 Å². The van der Waals surface area contributed by atoms with E-state index >= 15 is 0 Å². The molecule has 6 nitrogen and oxygen atoms in total. The van der Waals surface area contributed by atoms with E-state index in [1.54, 1.807) is 0 Å². The Balaban J connectivity index is 4.29. The van der Waals surface area contributed by atoms with Gasteiger partial charge >= 0.3 is 17.9 Å². The summed E-state index contributed by atoms with van der Waals surface area (Å²) in [6.07, 6.45) is 90.5. The van der Waals surface area contributed by atoms with Crippen LogP contribution in [0.2, 0.25) is 0 Å². The third-order valence-corrected chi connectivity index (χ3v) is 13.1. The quantitative estimate of drug-likeness (QED) is 0.0261. The van der Waals surface area contributed by atoms with Crippen molar-refractivity contribution in [1.82, 2.24) is 0 Å². The maximum Gasteiger partial charge on any atom is 0.306 e. The second-order valence-electron chi connectivity index (χ2n) is 20.6. The number of hydrogen-bond donors (Lipinski definition) is 0. The highest BCUT2D eigenvalue weighted by Crippen LogP contribution is 2.14. The Morgan fingerprint density at radius 3 is 0.831 bits per heavy atom. The van der Waals surface area contributed by atoms with Crippen LogP contribution in [0.4, 0.5) is 0 Å². The molecule has 0 spiro atoms. The first-order chi connectivity index (χ1) is 38.0. The molecule has 1 atom stereocenters. The molecule has 0 aliphatic carbocycles. The minimum Gasteiger partial charge on any atom is -0.462 e. The number of allylic oxidation sites excluding steroid dienone is 22. The van der Waals surface area contributed by atoms with Crippen LogP contribution in [0.3, 0.4) is 0 Å². The average molecular weight is 1070 g/mol. The number of carbonyl (C=O) groups is 3. The van der Waals surface area contributed by atoms with Crippen molar-refractivity contribution >= 4 is 17.9 Å². The lowest BCUT2D eigenvalue weighted by Gasteiger charge is -2.18. The van der Waals surface area contributed by atoms with Gasteiger partial charge in [0.25, 0.3) is 0 Å². The smallest absolute Gasteiger partial charge is 0.306 e. The third-order valence-electron chi connectivity index (χ3n) is 13.1. The molecular weight excluding hydrogens is 949 g/mol. The minimum atomic E-state index is -0.800. The number of rotatable bonds is 56. The molecule has 0 N–H and O–H groups in total. The zero-order valence-electron chi connectivity index (χ0n) is 49.9. The molecule has 0 saturated heterocycles. The standard InChI is InChI=1S/C71H116O6/c1-4-7-10-13-16-19-21-23-25-27-29-30-31-32-33-34-35-36-37-38-39-40-41-42-43-45-46-48-50-52-55-58-61-64-70(73)76-67-68(66-75-69(72)63-60-57-54-18-15-12-9-6-3)77-71(74)65-62-59-56-53-51-49-47-44-28-26-24-22-20-17-14-11-8-5-2/h7,10,16,19,23,25-26,28-30,32-33,35-36,38-39,41-42,45-46,50,52,68H,4-6,8-9,11-15,17-18,20-22,24,27,31,34,37,40,43-44,47-49,51,53-67H2,1-3H3/b10-7-,19-16-,25-23-,28-26-,30-29-,33-32-,36-35-,39-38-,42-41-,46-45-,52-50-. The fourth-order valence-corrected chi connectivity index (χ4v) is 8.41. The fraction of sp³-hybridized carbons (Fsp3) is 0.648. The maximum absolute atomic E-state index is 12.8. The molecule has 0 aromatic carbocycles. The first-order valence-corrected chi connectivity index (χ1v) is 31.7. The van der Waals surface area contributed by atoms with Crippen molar-refractivity contribution in [3.05, 3.63) is 134 Å². The van der Waals surface area contributed by atoms with Crippen molar-refractivity contribution in [2.45, 2.75) is 284 Å². The van der Waals surface area contributed by atoms with Gasteiger partial charge in [-0.05, 0) is 122 Å². The van der Waals surface area contributed by atoms with Gasteiger partial charge in [0.15, 0.2) is 6.10 Å². The Morgan fingerprint density at radius 2 is 0.506 bits per heavy atom. The zero-order valence-corrected chi connectivity index (χ0v) is 49.9. The van der Waals surface area contributed by atoms with Crippen molar-refractivity contribution < 1.29 is 28.6 Å². The Kier molecular flexibility index (Phi) is 60.4. The molecule has 1 unspecified atom stereocenters. The summed E-state index contributed by atoms with van der Waals surface area (Å²) < 4.78 is 16.8. The largest absolute Gasteiger partial charge is 0.462 e. The molecule has 6 heteroatoms. The van der Waals surface area contributed by atoms with E-state index < -0.39 is 6.10 Å². The van der Waals surface area contributed by atoms with Gasteiger partial charge in [0.1, 0.15) is 13.2 Å². The number of ether oxygens (including phenoxy) is 3. The maximum atomic E-state index is 12.8. The van der Waals surface area contributed by atoms with Crippen LogP contribution in [0.5, 0.6) is 0 Å². The average Bonchev–Trinajstić information content (AvgIpc) is 3.43. The molecule has 436 valence electrons. The Labute approximate surface area is 475 Å². The van der Waals surface area contributed by atoms with Gasteiger partial charge in [-0.2, -0.15) is 0 Å². The second-order valence-corrected chi connectivity index (χ2v) is 20.6. The van der Waals surface area contributed by atoms with Crippen molar-refractivity contribution in [2.24, 2.45) is 0 Å². The number of unbranched alkanes of at least 4 members (excludes halogenated alkanes) is 23. The van der Waals surface area contributed by atoms with Crippen molar-refractivity contribution in [3.63, 3.8) is 0 Å². The van der Waals surface area contributed by atoms with Crippen LogP contribution in [0.1, 0.15) is 278 Å². The van der Waals surface area contributed by atoms with Crippen LogP contribution >= 0.6 is 0 Å². The molecule has 77 heavy (non-hydrogen) atoms. The Hall–Kier alpha value is -4.45. The monoisotopic (exact) mass is 1060 g/mol. The van der Waals surface area contributed by atoms with E-state index in [2.05, 4.69) is 154 Å². The summed E-state index contributed by atoms with van der Waals surface area (Å²) in [4.78, 5) is 38.1. The lowest BCUT2D eigenvalue weighted by Crippen LogP contribution is -2.30. The van der Waals surface area contributed by atoms with E-state index in [0.717, 1.165) is 116 Å². The molecule has 0 rings (SSSR count). The molecule has 0 fully saturated rings. The molecule has 0 amide bonds. The lowest BCUT2D eigenvalue weighted by molar-refractivity contribution is -0.167. The zero-order chi connectivity index (χ0) is 55.7. The van der Waals surface area contributed by atoms with Crippen molar-refractivity contribution in [2.75, 3.05) is 13.2 Å². The number of hydrogen-bond acceptors (Lipinski definition) is 6. The highest BCUT2D eigenvalue weighted by Gasteiger charge is 2.19. The van der Waals surface area contributed by atoms with Crippen LogP contribution < -0.4 is 0 Å². The first-order valence-electron chi connectivity index (χ1n) is 31.7. The lowest BCUT2D eigenvalue weighted by atomic mass is 10.1. The van der Waals surface area contributed by atoms with Gasteiger partial charge in [0.05, 0.1) is 0 Å². The van der Waals surface area contributed by atoms with Gasteiger partial charge in [-0.3, -0.25) is 14.4 Å². The summed E-state index contributed by atoms with van der Waals surface area (Å²) in [5, 5.41) is 0. The van der Waals surface area contributed by atoms with E-state index in [1.165, 1.54) is 116 Å². The normalized spacial score (nSPS) is 13.0. The fourth-order valence-electron chi connectivity index (χ4n) is 8.41. The van der Waals surface area contributed by atoms with E-state index in [9.17, 15) is 14.4 Å². The molecule has 0 aliphatic rings. The summed E-state index contributed by atoms with van der Waals surface area (Å²) in [5.41, 5.74) is 0. The van der Waals surface area contributed by atoms with Crippen LogP contribution in [0, 0.1) is 0 Å². The Bertz CT molecular complexity index is 1650. The molecule has 0 aliphatic heterocycles. The van der Waals surface area contributed by atoms with E-state index in [-0.39, 0.29) is 31.1 Å². The predicted molar refractivity (Wildman–Crippen MR) is 334 cm³/mol. The van der Waals surface area contributed by atoms with Gasteiger partial charge in [-0.25, -0.2) is 0 Å². The predicted octanol–water partition coefficient (Wildman–Crippen LogP) is 21.8. The van der Waals surface area contributed by atoms with Crippen LogP contribution in [-0.2, 0) is 28.6 Å². The van der Waals surface area contributed by atoms with E-state index in [0.29, 0.717) is 25.7 Å². The molecule has 0 aromatic rings. The van der Waals surface area contributed by atoms with Gasteiger partial charge in [-0.1, -0.05) is 270 Å². The highest BCUT2D eigenvalue weighted by atomic mass is 16.6. The van der Waals surface area contributed by atoms with Gasteiger partial charge in [-0.15, -0.1) is 0 Å². The van der Waals surface area contributed by atoms with Crippen molar-refractivity contribution in [3.8, 4) is 0 Å². The topological polar surface area (TPSA) is 78.9 Å². The Morgan fingerprint density at radius 1 is 0.273 bits per heavy atom. The van der Waals surface area contributed by atoms with Crippen LogP contribution in [0.15, 0.2) is 134 Å². The van der Waals surface area contributed by atoms with Crippen molar-refractivity contribution in [1.29, 1.82) is 0 Å². The number of esters is 3. The first kappa shape index (κ1) is 72.5.